The maximum Gasteiger partial charge on any atom is 0.0700 e. The van der Waals surface area contributed by atoms with Crippen LogP contribution in [0.1, 0.15) is 24.9 Å². The molecule has 1 fully saturated rings. The van der Waals surface area contributed by atoms with Gasteiger partial charge in [-0.25, -0.2) is 0 Å². The van der Waals surface area contributed by atoms with Gasteiger partial charge in [0.05, 0.1) is 18.8 Å². The Bertz CT molecular complexity index is 315. The first-order valence-electron chi connectivity index (χ1n) is 5.84. The lowest BCUT2D eigenvalue weighted by molar-refractivity contribution is 0.107. The number of nitrogens with one attached hydrogen (secondary N) is 1. The van der Waals surface area contributed by atoms with Crippen LogP contribution in [0.4, 0.5) is 0 Å². The molecule has 0 amide bonds. The third-order valence-electron chi connectivity index (χ3n) is 3.18. The molecular formula is C13H19NO2. The number of ether oxygens (including phenoxy) is 1. The number of aliphatic hydroxyl groups excluding tert-OH is 1. The van der Waals surface area contributed by atoms with Gasteiger partial charge in [-0.05, 0) is 18.9 Å². The molecule has 3 nitrogen and oxygen atoms in total. The maximum atomic E-state index is 9.42. The molecule has 2 rings (SSSR count). The predicted molar refractivity (Wildman–Crippen MR) is 63.2 cm³/mol. The van der Waals surface area contributed by atoms with Gasteiger partial charge in [0.25, 0.3) is 0 Å². The summed E-state index contributed by atoms with van der Waals surface area (Å²) in [6.45, 7) is 3.00. The van der Waals surface area contributed by atoms with E-state index in [2.05, 4.69) is 12.2 Å². The van der Waals surface area contributed by atoms with Gasteiger partial charge in [0, 0.05) is 12.6 Å². The van der Waals surface area contributed by atoms with Crippen LogP contribution < -0.4 is 5.32 Å². The molecule has 88 valence electrons. The van der Waals surface area contributed by atoms with E-state index in [1.165, 1.54) is 0 Å². The molecule has 3 unspecified atom stereocenters. The first-order chi connectivity index (χ1) is 7.81. The molecule has 0 radical (unpaired) electrons. The molecule has 1 aliphatic heterocycles. The lowest BCUT2D eigenvalue weighted by atomic mass is 10.0. The van der Waals surface area contributed by atoms with Crippen LogP contribution in [0.2, 0.25) is 0 Å². The summed E-state index contributed by atoms with van der Waals surface area (Å²) in [6, 6.07) is 10.4. The van der Waals surface area contributed by atoms with Crippen LogP contribution >= 0.6 is 0 Å². The first kappa shape index (κ1) is 11.6. The summed E-state index contributed by atoms with van der Waals surface area (Å²) < 4.78 is 5.50. The monoisotopic (exact) mass is 221 g/mol. The molecule has 0 saturated carbocycles. The highest BCUT2D eigenvalue weighted by atomic mass is 16.5. The quantitative estimate of drug-likeness (QED) is 0.809. The van der Waals surface area contributed by atoms with Crippen LogP contribution in [0.3, 0.4) is 0 Å². The van der Waals surface area contributed by atoms with Gasteiger partial charge in [0.1, 0.15) is 0 Å². The number of rotatable bonds is 4. The molecule has 3 atom stereocenters. The van der Waals surface area contributed by atoms with Crippen LogP contribution in [0, 0.1) is 0 Å². The lowest BCUT2D eigenvalue weighted by Crippen LogP contribution is -2.38. The van der Waals surface area contributed by atoms with E-state index in [-0.39, 0.29) is 18.8 Å². The second-order valence-electron chi connectivity index (χ2n) is 4.28. The van der Waals surface area contributed by atoms with E-state index in [9.17, 15) is 5.11 Å². The Morgan fingerprint density at radius 1 is 1.44 bits per heavy atom. The zero-order chi connectivity index (χ0) is 11.4. The molecule has 1 aromatic rings. The third-order valence-corrected chi connectivity index (χ3v) is 3.18. The minimum atomic E-state index is 0.00958. The highest BCUT2D eigenvalue weighted by Crippen LogP contribution is 2.18. The van der Waals surface area contributed by atoms with E-state index in [1.54, 1.807) is 0 Å². The fraction of sp³-hybridized carbons (Fsp3) is 0.538. The average Bonchev–Trinajstić information content (AvgIpc) is 2.73. The van der Waals surface area contributed by atoms with Gasteiger partial charge in [-0.3, -0.25) is 0 Å². The Labute approximate surface area is 96.4 Å². The molecule has 3 heteroatoms. The van der Waals surface area contributed by atoms with Crippen LogP contribution in [0.5, 0.6) is 0 Å². The van der Waals surface area contributed by atoms with Crippen LogP contribution in [0.15, 0.2) is 30.3 Å². The zero-order valence-corrected chi connectivity index (χ0v) is 9.60. The Balaban J connectivity index is 2.00. The second-order valence-corrected chi connectivity index (χ2v) is 4.28. The van der Waals surface area contributed by atoms with Crippen molar-refractivity contribution in [2.24, 2.45) is 0 Å². The molecule has 1 aromatic carbocycles. The van der Waals surface area contributed by atoms with Crippen molar-refractivity contribution in [1.29, 1.82) is 0 Å². The molecule has 0 aromatic heterocycles. The number of aliphatic hydroxyl groups is 1. The number of hydrogen-bond acceptors (Lipinski definition) is 3. The number of benzene rings is 1. The van der Waals surface area contributed by atoms with Gasteiger partial charge >= 0.3 is 0 Å². The minimum absolute atomic E-state index is 0.00958. The molecule has 0 aliphatic carbocycles. The van der Waals surface area contributed by atoms with Crippen molar-refractivity contribution in [1.82, 2.24) is 5.32 Å². The van der Waals surface area contributed by atoms with Gasteiger partial charge in [0.2, 0.25) is 0 Å². The van der Waals surface area contributed by atoms with Crippen molar-refractivity contribution in [2.75, 3.05) is 13.2 Å². The Morgan fingerprint density at radius 2 is 2.19 bits per heavy atom. The van der Waals surface area contributed by atoms with E-state index in [4.69, 9.17) is 4.74 Å². The molecular weight excluding hydrogens is 202 g/mol. The summed E-state index contributed by atoms with van der Waals surface area (Å²) in [4.78, 5) is 0. The second kappa shape index (κ2) is 5.43. The van der Waals surface area contributed by atoms with E-state index in [0.717, 1.165) is 18.6 Å². The van der Waals surface area contributed by atoms with Gasteiger partial charge in [-0.2, -0.15) is 0 Å². The fourth-order valence-corrected chi connectivity index (χ4v) is 2.15. The van der Waals surface area contributed by atoms with Gasteiger partial charge in [-0.1, -0.05) is 30.3 Å². The smallest absolute Gasteiger partial charge is 0.0700 e. The standard InChI is InChI=1S/C13H19NO2/c1-10-12(7-8-16-10)14-13(9-15)11-5-3-2-4-6-11/h2-6,10,12-15H,7-9H2,1H3. The molecule has 1 heterocycles. The molecule has 0 bridgehead atoms. The molecule has 16 heavy (non-hydrogen) atoms. The lowest BCUT2D eigenvalue weighted by Gasteiger charge is -2.23. The Hall–Kier alpha value is -0.900. The largest absolute Gasteiger partial charge is 0.394 e. The maximum absolute atomic E-state index is 9.42. The average molecular weight is 221 g/mol. The summed E-state index contributed by atoms with van der Waals surface area (Å²) in [6.07, 6.45) is 1.25. The van der Waals surface area contributed by atoms with E-state index >= 15 is 0 Å². The van der Waals surface area contributed by atoms with E-state index in [0.29, 0.717) is 6.04 Å². The van der Waals surface area contributed by atoms with Crippen molar-refractivity contribution in [2.45, 2.75) is 31.5 Å². The fourth-order valence-electron chi connectivity index (χ4n) is 2.15. The van der Waals surface area contributed by atoms with Crippen LogP contribution in [-0.2, 0) is 4.74 Å². The highest BCUT2D eigenvalue weighted by molar-refractivity contribution is 5.19. The Kier molecular flexibility index (Phi) is 3.93. The summed E-state index contributed by atoms with van der Waals surface area (Å²) in [5.41, 5.74) is 1.13. The molecule has 0 spiro atoms. The SMILES string of the molecule is CC1OCCC1NC(CO)c1ccccc1. The van der Waals surface area contributed by atoms with Gasteiger partial charge in [-0.15, -0.1) is 0 Å². The third kappa shape index (κ3) is 2.61. The van der Waals surface area contributed by atoms with Crippen molar-refractivity contribution in [3.8, 4) is 0 Å². The van der Waals surface area contributed by atoms with Crippen molar-refractivity contribution in [3.05, 3.63) is 35.9 Å². The van der Waals surface area contributed by atoms with Crippen LogP contribution in [-0.4, -0.2) is 30.5 Å². The van der Waals surface area contributed by atoms with Crippen molar-refractivity contribution in [3.63, 3.8) is 0 Å². The summed E-state index contributed by atoms with van der Waals surface area (Å²) >= 11 is 0. The summed E-state index contributed by atoms with van der Waals surface area (Å²) in [5.74, 6) is 0. The zero-order valence-electron chi connectivity index (χ0n) is 9.60. The van der Waals surface area contributed by atoms with E-state index in [1.807, 2.05) is 30.3 Å². The normalized spacial score (nSPS) is 26.9. The first-order valence-corrected chi connectivity index (χ1v) is 5.84. The predicted octanol–water partition coefficient (Wildman–Crippen LogP) is 1.49. The van der Waals surface area contributed by atoms with Gasteiger partial charge < -0.3 is 15.2 Å². The van der Waals surface area contributed by atoms with Crippen LogP contribution in [0.25, 0.3) is 0 Å². The summed E-state index contributed by atoms with van der Waals surface area (Å²) in [5, 5.41) is 12.9. The minimum Gasteiger partial charge on any atom is -0.394 e. The topological polar surface area (TPSA) is 41.5 Å². The molecule has 2 N–H and O–H groups in total. The van der Waals surface area contributed by atoms with E-state index < -0.39 is 0 Å². The van der Waals surface area contributed by atoms with Gasteiger partial charge in [0.15, 0.2) is 0 Å². The van der Waals surface area contributed by atoms with Crippen molar-refractivity contribution >= 4 is 0 Å². The highest BCUT2D eigenvalue weighted by Gasteiger charge is 2.26. The Morgan fingerprint density at radius 3 is 2.75 bits per heavy atom. The molecule has 1 aliphatic rings. The summed E-state index contributed by atoms with van der Waals surface area (Å²) in [7, 11) is 0. The number of hydrogen-bond donors (Lipinski definition) is 2. The molecule has 1 saturated heterocycles. The van der Waals surface area contributed by atoms with Crippen molar-refractivity contribution < 1.29 is 9.84 Å².